The van der Waals surface area contributed by atoms with Gasteiger partial charge in [0.15, 0.2) is 0 Å². The molecule has 0 saturated carbocycles. The van der Waals surface area contributed by atoms with Crippen LogP contribution in [0.3, 0.4) is 0 Å². The number of hydrogen-bond donors (Lipinski definition) is 4. The highest BCUT2D eigenvalue weighted by Crippen LogP contribution is 2.48. The van der Waals surface area contributed by atoms with Crippen molar-refractivity contribution in [3.05, 3.63) is 46.8 Å². The number of alkyl halides is 2. The van der Waals surface area contributed by atoms with E-state index < -0.39 is 23.6 Å². The molecular weight excluding hydrogens is 599 g/mol. The highest BCUT2D eigenvalue weighted by Gasteiger charge is 2.39. The van der Waals surface area contributed by atoms with Crippen molar-refractivity contribution in [2.24, 2.45) is 0 Å². The van der Waals surface area contributed by atoms with Gasteiger partial charge in [0.2, 0.25) is 0 Å². The van der Waals surface area contributed by atoms with Crippen molar-refractivity contribution < 1.29 is 34.1 Å². The van der Waals surface area contributed by atoms with E-state index in [2.05, 4.69) is 9.97 Å². The number of aromatic amines is 2. The molecule has 2 aliphatic heterocycles. The van der Waals surface area contributed by atoms with Crippen molar-refractivity contribution in [1.29, 1.82) is 0 Å². The Kier molecular flexibility index (Phi) is 6.93. The molecule has 226 valence electrons. The van der Waals surface area contributed by atoms with Crippen LogP contribution in [0.5, 0.6) is 11.5 Å². The molecule has 0 saturated heterocycles. The first-order valence-corrected chi connectivity index (χ1v) is 14.7. The number of carbonyl (C=O) groups is 3. The summed E-state index contributed by atoms with van der Waals surface area (Å²) in [5.41, 5.74) is 2.69. The summed E-state index contributed by atoms with van der Waals surface area (Å²) in [4.78, 5) is 48.2. The Balaban J connectivity index is 1.43. The molecule has 2 atom stereocenters. The van der Waals surface area contributed by atoms with Crippen LogP contribution in [0.15, 0.2) is 24.3 Å². The van der Waals surface area contributed by atoms with Gasteiger partial charge in [0.25, 0.3) is 5.91 Å². The third-order valence-electron chi connectivity index (χ3n) is 7.90. The van der Waals surface area contributed by atoms with Gasteiger partial charge in [0, 0.05) is 59.6 Å². The second-order valence-electron chi connectivity index (χ2n) is 11.8. The van der Waals surface area contributed by atoms with Crippen LogP contribution >= 0.6 is 23.2 Å². The third kappa shape index (κ3) is 4.62. The first-order valence-electron chi connectivity index (χ1n) is 13.7. The van der Waals surface area contributed by atoms with Gasteiger partial charge in [0.05, 0.1) is 29.5 Å². The molecule has 0 aliphatic carbocycles. The SMILES string of the molecule is COC(=O)c1cc2c3c(cc(O)c2[nH]1)N(C(=O)c1cc2c4c(cc(O)c2[nH]1)N(C(=O)OC(C)(C)C)C[C@@H]4CCl)C[C@H]3CCl. The third-order valence-corrected chi connectivity index (χ3v) is 8.64. The lowest BCUT2D eigenvalue weighted by molar-refractivity contribution is 0.0577. The van der Waals surface area contributed by atoms with E-state index in [9.17, 15) is 24.6 Å². The fourth-order valence-corrected chi connectivity index (χ4v) is 6.62. The second-order valence-corrected chi connectivity index (χ2v) is 12.4. The minimum absolute atomic E-state index is 0.140. The Morgan fingerprint density at radius 1 is 0.860 bits per heavy atom. The highest BCUT2D eigenvalue weighted by atomic mass is 35.5. The molecule has 4 N–H and O–H groups in total. The van der Waals surface area contributed by atoms with Gasteiger partial charge in [-0.05, 0) is 44.0 Å². The van der Waals surface area contributed by atoms with Gasteiger partial charge in [-0.2, -0.15) is 0 Å². The van der Waals surface area contributed by atoms with Crippen LogP contribution in [0.1, 0.15) is 64.7 Å². The van der Waals surface area contributed by atoms with E-state index in [4.69, 9.17) is 32.7 Å². The molecule has 6 rings (SSSR count). The molecule has 0 bridgehead atoms. The molecule has 0 radical (unpaired) electrons. The number of methoxy groups -OCH3 is 1. The van der Waals surface area contributed by atoms with Crippen LogP contribution < -0.4 is 9.80 Å². The Labute approximate surface area is 256 Å². The average Bonchev–Trinajstić information content (AvgIpc) is 3.73. The normalized spacial score (nSPS) is 17.9. The lowest BCUT2D eigenvalue weighted by Crippen LogP contribution is -2.36. The number of amides is 2. The molecule has 13 heteroatoms. The number of halogens is 2. The Hall–Kier alpha value is -4.09. The molecule has 11 nitrogen and oxygen atoms in total. The number of rotatable bonds is 4. The van der Waals surface area contributed by atoms with Crippen LogP contribution in [-0.2, 0) is 9.47 Å². The van der Waals surface area contributed by atoms with Gasteiger partial charge >= 0.3 is 12.1 Å². The first kappa shape index (κ1) is 29.0. The fraction of sp³-hybridized carbons (Fsp3) is 0.367. The number of H-pyrrole nitrogens is 2. The quantitative estimate of drug-likeness (QED) is 0.162. The summed E-state index contributed by atoms with van der Waals surface area (Å²) in [6, 6.07) is 6.18. The van der Waals surface area contributed by atoms with Gasteiger partial charge < -0.3 is 34.6 Å². The minimum Gasteiger partial charge on any atom is -0.506 e. The zero-order valence-corrected chi connectivity index (χ0v) is 25.4. The largest absolute Gasteiger partial charge is 0.506 e. The molecule has 2 aliphatic rings. The summed E-state index contributed by atoms with van der Waals surface area (Å²) in [5.74, 6) is -1.44. The molecule has 43 heavy (non-hydrogen) atoms. The van der Waals surface area contributed by atoms with Gasteiger partial charge in [-0.3, -0.25) is 9.69 Å². The first-order chi connectivity index (χ1) is 20.4. The van der Waals surface area contributed by atoms with E-state index in [1.54, 1.807) is 32.9 Å². The van der Waals surface area contributed by atoms with E-state index in [1.807, 2.05) is 0 Å². The fourth-order valence-electron chi connectivity index (χ4n) is 6.11. The summed E-state index contributed by atoms with van der Waals surface area (Å²) in [6.45, 7) is 5.81. The number of phenols is 2. The maximum Gasteiger partial charge on any atom is 0.414 e. The molecule has 2 aromatic heterocycles. The maximum absolute atomic E-state index is 14.0. The molecule has 4 heterocycles. The van der Waals surface area contributed by atoms with Crippen molar-refractivity contribution >= 4 is 74.4 Å². The van der Waals surface area contributed by atoms with Gasteiger partial charge in [-0.1, -0.05) is 0 Å². The molecule has 0 fully saturated rings. The number of phenolic OH excluding ortho intramolecular Hbond substituents is 2. The van der Waals surface area contributed by atoms with Crippen LogP contribution in [0, 0.1) is 0 Å². The van der Waals surface area contributed by atoms with Crippen LogP contribution in [0.2, 0.25) is 0 Å². The Morgan fingerprint density at radius 2 is 1.35 bits per heavy atom. The summed E-state index contributed by atoms with van der Waals surface area (Å²) >= 11 is 12.7. The number of benzene rings is 2. The van der Waals surface area contributed by atoms with E-state index in [1.165, 1.54) is 29.0 Å². The van der Waals surface area contributed by atoms with Gasteiger partial charge in [0.1, 0.15) is 28.5 Å². The summed E-state index contributed by atoms with van der Waals surface area (Å²) < 4.78 is 10.4. The summed E-state index contributed by atoms with van der Waals surface area (Å²) in [7, 11) is 1.26. The molecule has 4 aromatic rings. The number of aromatic hydroxyl groups is 2. The van der Waals surface area contributed by atoms with E-state index in [0.29, 0.717) is 33.2 Å². The van der Waals surface area contributed by atoms with E-state index in [0.717, 1.165) is 11.1 Å². The molecule has 0 spiro atoms. The van der Waals surface area contributed by atoms with Gasteiger partial charge in [-0.15, -0.1) is 23.2 Å². The zero-order chi connectivity index (χ0) is 31.0. The molecule has 0 unspecified atom stereocenters. The number of nitrogens with zero attached hydrogens (tertiary/aromatic N) is 2. The minimum atomic E-state index is -0.718. The topological polar surface area (TPSA) is 148 Å². The summed E-state index contributed by atoms with van der Waals surface area (Å²) in [6.07, 6.45) is -0.557. The average molecular weight is 629 g/mol. The summed E-state index contributed by atoms with van der Waals surface area (Å²) in [5, 5.41) is 23.0. The van der Waals surface area contributed by atoms with Crippen molar-refractivity contribution in [3.8, 4) is 11.5 Å². The number of anilines is 2. The Bertz CT molecular complexity index is 1820. The second kappa shape index (κ2) is 10.3. The molecular formula is C30H30Cl2N4O7. The number of aromatic nitrogens is 2. The van der Waals surface area contributed by atoms with Gasteiger partial charge in [-0.25, -0.2) is 9.59 Å². The monoisotopic (exact) mass is 628 g/mol. The molecule has 2 amide bonds. The number of fused-ring (bicyclic) bond motifs is 6. The number of nitrogens with one attached hydrogen (secondary N) is 2. The number of esters is 1. The van der Waals surface area contributed by atoms with Crippen molar-refractivity contribution in [2.75, 3.05) is 41.8 Å². The lowest BCUT2D eigenvalue weighted by Gasteiger charge is -2.25. The standard InChI is InChI=1S/C30H30Cl2N4O7/c1-30(2,3)43-29(41)36-12-14(10-32)24-15-5-17(33-25(15)22(38)8-20(24)36)27(39)35-11-13(9-31)23-16-6-18(28(40)42-4)34-26(16)21(37)7-19(23)35/h5-8,13-14,33-34,37-38H,9-12H2,1-4H3/t13-,14+/m1/s1. The number of carbonyl (C=O) groups excluding carboxylic acids is 3. The Morgan fingerprint density at radius 3 is 1.86 bits per heavy atom. The predicted molar refractivity (Wildman–Crippen MR) is 163 cm³/mol. The predicted octanol–water partition coefficient (Wildman–Crippen LogP) is 5.91. The number of hydrogen-bond acceptors (Lipinski definition) is 7. The lowest BCUT2D eigenvalue weighted by atomic mass is 9.98. The van der Waals surface area contributed by atoms with Crippen molar-refractivity contribution in [3.63, 3.8) is 0 Å². The highest BCUT2D eigenvalue weighted by molar-refractivity contribution is 6.20. The smallest absolute Gasteiger partial charge is 0.414 e. The van der Waals surface area contributed by atoms with Crippen molar-refractivity contribution in [2.45, 2.75) is 38.2 Å². The molecule has 2 aromatic carbocycles. The van der Waals surface area contributed by atoms with Crippen LogP contribution in [0.25, 0.3) is 21.8 Å². The number of ether oxygens (including phenoxy) is 2. The van der Waals surface area contributed by atoms with Crippen LogP contribution in [0.4, 0.5) is 16.2 Å². The maximum atomic E-state index is 14.0. The van der Waals surface area contributed by atoms with Crippen LogP contribution in [-0.4, -0.2) is 75.7 Å². The zero-order valence-electron chi connectivity index (χ0n) is 23.9. The van der Waals surface area contributed by atoms with E-state index in [-0.39, 0.29) is 59.6 Å². The van der Waals surface area contributed by atoms with Crippen molar-refractivity contribution in [1.82, 2.24) is 9.97 Å². The van der Waals surface area contributed by atoms with E-state index >= 15 is 0 Å².